The molecule has 2 fully saturated rings. The van der Waals surface area contributed by atoms with Gasteiger partial charge in [-0.15, -0.1) is 0 Å². The zero-order valence-corrected chi connectivity index (χ0v) is 15.1. The van der Waals surface area contributed by atoms with E-state index in [1.165, 1.54) is 25.9 Å². The van der Waals surface area contributed by atoms with E-state index in [0.717, 1.165) is 43.9 Å². The Morgan fingerprint density at radius 3 is 2.62 bits per heavy atom. The molecule has 24 heavy (non-hydrogen) atoms. The standard InChI is InChI=1S/C19H30N4O/c1-15(22-11-3-4-12-22)5-6-19(24)23-13-8-17(9-14-23)18-7-10-20-16(2)21-18/h7,10,15,17H,3-6,8-9,11-14H2,1-2H3. The Kier molecular flexibility index (Phi) is 5.82. The van der Waals surface area contributed by atoms with E-state index in [1.54, 1.807) is 0 Å². The van der Waals surface area contributed by atoms with Gasteiger partial charge in [0.1, 0.15) is 5.82 Å². The van der Waals surface area contributed by atoms with E-state index in [1.807, 2.05) is 19.2 Å². The van der Waals surface area contributed by atoms with Crippen LogP contribution in [-0.4, -0.2) is 57.9 Å². The van der Waals surface area contributed by atoms with Crippen LogP contribution in [-0.2, 0) is 4.79 Å². The quantitative estimate of drug-likeness (QED) is 0.833. The molecule has 2 aliphatic rings. The van der Waals surface area contributed by atoms with Crippen LogP contribution in [0, 0.1) is 6.92 Å². The number of piperidine rings is 1. The molecule has 2 saturated heterocycles. The second kappa shape index (κ2) is 8.06. The van der Waals surface area contributed by atoms with Crippen LogP contribution < -0.4 is 0 Å². The highest BCUT2D eigenvalue weighted by Crippen LogP contribution is 2.27. The Labute approximate surface area is 145 Å². The predicted molar refractivity (Wildman–Crippen MR) is 94.8 cm³/mol. The van der Waals surface area contributed by atoms with Crippen molar-refractivity contribution in [3.8, 4) is 0 Å². The predicted octanol–water partition coefficient (Wildman–Crippen LogP) is 2.76. The van der Waals surface area contributed by atoms with Gasteiger partial charge < -0.3 is 9.80 Å². The van der Waals surface area contributed by atoms with Crippen LogP contribution in [0.3, 0.4) is 0 Å². The maximum absolute atomic E-state index is 12.5. The van der Waals surface area contributed by atoms with Crippen molar-refractivity contribution in [3.63, 3.8) is 0 Å². The van der Waals surface area contributed by atoms with Gasteiger partial charge in [-0.3, -0.25) is 4.79 Å². The molecule has 1 atom stereocenters. The lowest BCUT2D eigenvalue weighted by atomic mass is 9.93. The lowest BCUT2D eigenvalue weighted by molar-refractivity contribution is -0.132. The van der Waals surface area contributed by atoms with Crippen molar-refractivity contribution in [1.29, 1.82) is 0 Å². The Bertz CT molecular complexity index is 548. The van der Waals surface area contributed by atoms with Crippen LogP contribution in [0.2, 0.25) is 0 Å². The van der Waals surface area contributed by atoms with Crippen LogP contribution in [0.15, 0.2) is 12.3 Å². The second-order valence-electron chi connectivity index (χ2n) is 7.31. The summed E-state index contributed by atoms with van der Waals surface area (Å²) in [5.41, 5.74) is 1.14. The van der Waals surface area contributed by atoms with Gasteiger partial charge in [0.25, 0.3) is 0 Å². The fourth-order valence-corrected chi connectivity index (χ4v) is 3.98. The lowest BCUT2D eigenvalue weighted by Gasteiger charge is -2.32. The van der Waals surface area contributed by atoms with E-state index in [-0.39, 0.29) is 0 Å². The summed E-state index contributed by atoms with van der Waals surface area (Å²) in [5.74, 6) is 1.64. The van der Waals surface area contributed by atoms with Crippen molar-refractivity contribution in [2.24, 2.45) is 0 Å². The number of rotatable bonds is 5. The molecular weight excluding hydrogens is 300 g/mol. The highest BCUT2D eigenvalue weighted by atomic mass is 16.2. The third-order valence-corrected chi connectivity index (χ3v) is 5.60. The van der Waals surface area contributed by atoms with Gasteiger partial charge in [-0.2, -0.15) is 0 Å². The van der Waals surface area contributed by atoms with Gasteiger partial charge in [0.2, 0.25) is 5.91 Å². The maximum atomic E-state index is 12.5. The molecule has 5 heteroatoms. The van der Waals surface area contributed by atoms with Gasteiger partial charge >= 0.3 is 0 Å². The summed E-state index contributed by atoms with van der Waals surface area (Å²) >= 11 is 0. The molecule has 0 aromatic carbocycles. The fraction of sp³-hybridized carbons (Fsp3) is 0.737. The van der Waals surface area contributed by atoms with Crippen LogP contribution in [0.5, 0.6) is 0 Å². The number of amides is 1. The molecule has 0 bridgehead atoms. The first-order valence-corrected chi connectivity index (χ1v) is 9.45. The van der Waals surface area contributed by atoms with Gasteiger partial charge in [-0.1, -0.05) is 0 Å². The van der Waals surface area contributed by atoms with Crippen LogP contribution in [0.25, 0.3) is 0 Å². The minimum Gasteiger partial charge on any atom is -0.343 e. The van der Waals surface area contributed by atoms with E-state index in [9.17, 15) is 4.79 Å². The van der Waals surface area contributed by atoms with Crippen molar-refractivity contribution in [1.82, 2.24) is 19.8 Å². The van der Waals surface area contributed by atoms with E-state index < -0.39 is 0 Å². The van der Waals surface area contributed by atoms with Crippen LogP contribution >= 0.6 is 0 Å². The van der Waals surface area contributed by atoms with Crippen molar-refractivity contribution in [3.05, 3.63) is 23.8 Å². The average Bonchev–Trinajstić information content (AvgIpc) is 3.14. The molecule has 132 valence electrons. The van der Waals surface area contributed by atoms with Crippen LogP contribution in [0.4, 0.5) is 0 Å². The van der Waals surface area contributed by atoms with E-state index in [4.69, 9.17) is 0 Å². The number of hydrogen-bond donors (Lipinski definition) is 0. The van der Waals surface area contributed by atoms with Crippen molar-refractivity contribution in [2.45, 2.75) is 64.3 Å². The van der Waals surface area contributed by atoms with E-state index >= 15 is 0 Å². The summed E-state index contributed by atoms with van der Waals surface area (Å²) in [6.07, 6.45) is 8.18. The molecule has 0 spiro atoms. The van der Waals surface area contributed by atoms with Crippen molar-refractivity contribution >= 4 is 5.91 Å². The molecule has 0 aliphatic carbocycles. The molecular formula is C19H30N4O. The van der Waals surface area contributed by atoms with Gasteiger partial charge in [0.15, 0.2) is 0 Å². The molecule has 3 heterocycles. The minimum absolute atomic E-state index is 0.332. The number of carbonyl (C=O) groups is 1. The molecule has 5 nitrogen and oxygen atoms in total. The minimum atomic E-state index is 0.332. The van der Waals surface area contributed by atoms with Crippen molar-refractivity contribution < 1.29 is 4.79 Å². The highest BCUT2D eigenvalue weighted by Gasteiger charge is 2.25. The number of aryl methyl sites for hydroxylation is 1. The van der Waals surface area contributed by atoms with E-state index in [0.29, 0.717) is 24.3 Å². The third kappa shape index (κ3) is 4.32. The molecule has 3 rings (SSSR count). The molecule has 2 aliphatic heterocycles. The molecule has 1 aromatic heterocycles. The SMILES string of the molecule is Cc1nccc(C2CCN(C(=O)CCC(C)N3CCCC3)CC2)n1. The lowest BCUT2D eigenvalue weighted by Crippen LogP contribution is -2.39. The normalized spacial score (nSPS) is 21.2. The summed E-state index contributed by atoms with van der Waals surface area (Å²) < 4.78 is 0. The number of hydrogen-bond acceptors (Lipinski definition) is 4. The number of aromatic nitrogens is 2. The zero-order chi connectivity index (χ0) is 16.9. The molecule has 0 radical (unpaired) electrons. The van der Waals surface area contributed by atoms with Crippen molar-refractivity contribution in [2.75, 3.05) is 26.2 Å². The summed E-state index contributed by atoms with van der Waals surface area (Å²) in [6, 6.07) is 2.56. The highest BCUT2D eigenvalue weighted by molar-refractivity contribution is 5.76. The topological polar surface area (TPSA) is 49.3 Å². The molecule has 1 unspecified atom stereocenters. The smallest absolute Gasteiger partial charge is 0.222 e. The zero-order valence-electron chi connectivity index (χ0n) is 15.1. The molecule has 1 amide bonds. The Morgan fingerprint density at radius 1 is 1.25 bits per heavy atom. The summed E-state index contributed by atoms with van der Waals surface area (Å²) in [6.45, 7) is 8.35. The fourth-order valence-electron chi connectivity index (χ4n) is 3.98. The Hall–Kier alpha value is -1.49. The first kappa shape index (κ1) is 17.3. The monoisotopic (exact) mass is 330 g/mol. The van der Waals surface area contributed by atoms with E-state index in [2.05, 4.69) is 26.7 Å². The summed E-state index contributed by atoms with van der Waals surface area (Å²) in [4.78, 5) is 25.8. The van der Waals surface area contributed by atoms with Gasteiger partial charge in [0.05, 0.1) is 0 Å². The maximum Gasteiger partial charge on any atom is 0.222 e. The first-order chi connectivity index (χ1) is 11.6. The van der Waals surface area contributed by atoms with Gasteiger partial charge in [-0.25, -0.2) is 9.97 Å². The number of nitrogens with zero attached hydrogens (tertiary/aromatic N) is 4. The van der Waals surface area contributed by atoms with Crippen LogP contribution in [0.1, 0.15) is 62.9 Å². The first-order valence-electron chi connectivity index (χ1n) is 9.45. The Balaban J connectivity index is 1.43. The number of carbonyl (C=O) groups excluding carboxylic acids is 1. The largest absolute Gasteiger partial charge is 0.343 e. The molecule has 0 N–H and O–H groups in total. The summed E-state index contributed by atoms with van der Waals surface area (Å²) in [5, 5.41) is 0. The molecule has 1 aromatic rings. The van der Waals surface area contributed by atoms with Gasteiger partial charge in [-0.05, 0) is 65.1 Å². The Morgan fingerprint density at radius 2 is 1.96 bits per heavy atom. The average molecular weight is 330 g/mol. The third-order valence-electron chi connectivity index (χ3n) is 5.60. The van der Waals surface area contributed by atoms with Gasteiger partial charge in [0, 0.05) is 43.4 Å². The summed E-state index contributed by atoms with van der Waals surface area (Å²) in [7, 11) is 0. The number of likely N-dealkylation sites (tertiary alicyclic amines) is 2. The molecule has 0 saturated carbocycles. The second-order valence-corrected chi connectivity index (χ2v) is 7.31.